The number of aliphatic hydroxyl groups excluding tert-OH is 1. The zero-order chi connectivity index (χ0) is 13.0. The normalized spacial score (nSPS) is 8.00. The molecule has 0 aliphatic heterocycles. The number of carboxylic acid groups (broad SMARTS) is 3. The Bertz CT molecular complexity index is 195. The van der Waals surface area contributed by atoms with Crippen molar-refractivity contribution in [1.29, 1.82) is 0 Å². The molecule has 0 aromatic carbocycles. The topological polar surface area (TPSA) is 167 Å². The number of hydrogen-bond donors (Lipinski definition) is 2. The van der Waals surface area contributed by atoms with Crippen LogP contribution >= 0.6 is 0 Å². The van der Waals surface area contributed by atoms with Crippen molar-refractivity contribution in [3.63, 3.8) is 0 Å². The van der Waals surface area contributed by atoms with Gasteiger partial charge < -0.3 is 40.5 Å². The molecule has 0 spiro atoms. The minimum Gasteiger partial charge on any atom is -0.550 e. The fraction of sp³-hybridized carbons (Fsp3) is 0.571. The molecule has 0 saturated carbocycles. The van der Waals surface area contributed by atoms with E-state index in [0.717, 1.165) is 13.8 Å². The van der Waals surface area contributed by atoms with Gasteiger partial charge in [-0.2, -0.15) is 0 Å². The third-order valence-electron chi connectivity index (χ3n) is 0.499. The minimum atomic E-state index is -1.43. The van der Waals surface area contributed by atoms with Crippen molar-refractivity contribution in [2.24, 2.45) is 5.73 Å². The maximum absolute atomic E-state index is 9.53. The van der Waals surface area contributed by atoms with Crippen molar-refractivity contribution >= 4 is 17.9 Å². The summed E-state index contributed by atoms with van der Waals surface area (Å²) in [6.07, 6.45) is 0. The van der Waals surface area contributed by atoms with Crippen molar-refractivity contribution < 1.29 is 123 Å². The molecule has 0 unspecified atom stereocenters. The predicted octanol–water partition coefficient (Wildman–Crippen LogP) is -14.4. The van der Waals surface area contributed by atoms with Gasteiger partial charge in [-0.25, -0.2) is 0 Å². The second kappa shape index (κ2) is 26.8. The molecule has 0 fully saturated rings. The standard InChI is InChI=1S/C3H7NO3.2C2H4O2.3Na/c4-2(1-5)3(6)7;2*1-2(3)4;;;/h2,5H,1,4H2,(H,6,7);2*1H3,(H,3,4);;;/q;;;3*+1/p-3/t2-;;;;;/m0...../s1. The zero-order valence-electron chi connectivity index (χ0n) is 11.3. The van der Waals surface area contributed by atoms with E-state index in [4.69, 9.17) is 30.6 Å². The van der Waals surface area contributed by atoms with Crippen LogP contribution in [0.25, 0.3) is 0 Å². The van der Waals surface area contributed by atoms with Crippen LogP contribution in [-0.2, 0) is 14.4 Å². The molecule has 0 bridgehead atoms. The van der Waals surface area contributed by atoms with Crippen LogP contribution in [0.4, 0.5) is 0 Å². The average Bonchev–Trinajstić information content (AvgIpc) is 2.00. The molecule has 8 nitrogen and oxygen atoms in total. The van der Waals surface area contributed by atoms with Crippen molar-refractivity contribution in [2.45, 2.75) is 19.9 Å². The molecule has 0 aliphatic carbocycles. The SMILES string of the molecule is CC(=O)[O-].CC(=O)[O-].N[C@@H](CO)C(=O)[O-].[Na+].[Na+].[Na+]. The van der Waals surface area contributed by atoms with Gasteiger partial charge in [0.05, 0.1) is 18.6 Å². The first-order valence-electron chi connectivity index (χ1n) is 3.57. The van der Waals surface area contributed by atoms with Gasteiger partial charge in [-0.05, 0) is 13.8 Å². The molecule has 0 radical (unpaired) electrons. The van der Waals surface area contributed by atoms with Gasteiger partial charge in [-0.15, -0.1) is 0 Å². The van der Waals surface area contributed by atoms with Crippen LogP contribution in [0.5, 0.6) is 0 Å². The summed E-state index contributed by atoms with van der Waals surface area (Å²) in [7, 11) is 0. The van der Waals surface area contributed by atoms with E-state index in [0.29, 0.717) is 0 Å². The Morgan fingerprint density at radius 1 is 1.00 bits per heavy atom. The van der Waals surface area contributed by atoms with Gasteiger partial charge in [0, 0.05) is 11.9 Å². The molecule has 0 amide bonds. The van der Waals surface area contributed by atoms with Gasteiger partial charge in [-0.3, -0.25) is 0 Å². The fourth-order valence-electron chi connectivity index (χ4n) is 0.0745. The predicted molar refractivity (Wildman–Crippen MR) is 41.4 cm³/mol. The van der Waals surface area contributed by atoms with Crippen LogP contribution in [0.15, 0.2) is 0 Å². The number of aliphatic carboxylic acids is 3. The summed E-state index contributed by atoms with van der Waals surface area (Å²) in [4.78, 5) is 27.3. The van der Waals surface area contributed by atoms with E-state index in [-0.39, 0.29) is 88.7 Å². The van der Waals surface area contributed by atoms with E-state index in [1.165, 1.54) is 0 Å². The number of rotatable bonds is 2. The van der Waals surface area contributed by atoms with E-state index in [1.54, 1.807) is 0 Å². The molecule has 3 N–H and O–H groups in total. The average molecular weight is 291 g/mol. The van der Waals surface area contributed by atoms with Gasteiger partial charge in [0.1, 0.15) is 0 Å². The van der Waals surface area contributed by atoms with Crippen molar-refractivity contribution in [3.05, 3.63) is 0 Å². The van der Waals surface area contributed by atoms with Crippen LogP contribution in [0.1, 0.15) is 13.8 Å². The zero-order valence-corrected chi connectivity index (χ0v) is 17.3. The number of carboxylic acids is 3. The molecular weight excluding hydrogens is 279 g/mol. The summed E-state index contributed by atoms with van der Waals surface area (Å²) in [5.74, 6) is -3.59. The molecule has 0 aromatic heterocycles. The smallest absolute Gasteiger partial charge is 0.550 e. The second-order valence-corrected chi connectivity index (χ2v) is 2.09. The quantitative estimate of drug-likeness (QED) is 0.473. The number of hydrogen-bond acceptors (Lipinski definition) is 8. The van der Waals surface area contributed by atoms with Gasteiger partial charge in [0.15, 0.2) is 0 Å². The summed E-state index contributed by atoms with van der Waals surface area (Å²) in [5, 5.41) is 35.3. The fourth-order valence-corrected chi connectivity index (χ4v) is 0.0745. The molecule has 0 heterocycles. The Hall–Kier alpha value is 1.33. The van der Waals surface area contributed by atoms with Crippen LogP contribution < -0.4 is 110 Å². The monoisotopic (exact) mass is 291 g/mol. The molecule has 0 saturated heterocycles. The molecule has 0 aliphatic rings. The largest absolute Gasteiger partial charge is 1.00 e. The third-order valence-corrected chi connectivity index (χ3v) is 0.499. The Labute approximate surface area is 171 Å². The summed E-state index contributed by atoms with van der Waals surface area (Å²) >= 11 is 0. The number of nitrogens with two attached hydrogens (primary N) is 1. The van der Waals surface area contributed by atoms with E-state index in [1.807, 2.05) is 0 Å². The molecule has 1 atom stereocenters. The summed E-state index contributed by atoms with van der Waals surface area (Å²) in [6, 6.07) is -1.24. The van der Waals surface area contributed by atoms with Crippen LogP contribution in [-0.4, -0.2) is 35.7 Å². The van der Waals surface area contributed by atoms with Crippen LogP contribution in [0.2, 0.25) is 0 Å². The molecule has 90 valence electrons. The van der Waals surface area contributed by atoms with E-state index < -0.39 is 30.6 Å². The first kappa shape index (κ1) is 36.6. The van der Waals surface area contributed by atoms with Gasteiger partial charge in [0.2, 0.25) is 0 Å². The molecule has 0 rings (SSSR count). The maximum Gasteiger partial charge on any atom is 1.00 e. The van der Waals surface area contributed by atoms with Crippen molar-refractivity contribution in [1.82, 2.24) is 0 Å². The van der Waals surface area contributed by atoms with E-state index in [9.17, 15) is 9.90 Å². The van der Waals surface area contributed by atoms with Crippen LogP contribution in [0, 0.1) is 0 Å². The first-order valence-corrected chi connectivity index (χ1v) is 3.57. The van der Waals surface area contributed by atoms with Gasteiger partial charge in [-0.1, -0.05) is 0 Å². The second-order valence-electron chi connectivity index (χ2n) is 2.09. The summed E-state index contributed by atoms with van der Waals surface area (Å²) in [6.45, 7) is 1.38. The third kappa shape index (κ3) is 86.0. The Morgan fingerprint density at radius 2 is 1.17 bits per heavy atom. The molecule has 0 aromatic rings. The van der Waals surface area contributed by atoms with E-state index in [2.05, 4.69) is 0 Å². The van der Waals surface area contributed by atoms with E-state index >= 15 is 0 Å². The first-order chi connectivity index (χ1) is 6.64. The number of carbonyl (C=O) groups excluding carboxylic acids is 3. The maximum atomic E-state index is 9.53. The summed E-state index contributed by atoms with van der Waals surface area (Å²) in [5.41, 5.74) is 4.70. The molecular formula is C7H12NNa3O7. The van der Waals surface area contributed by atoms with Crippen molar-refractivity contribution in [2.75, 3.05) is 6.61 Å². The number of aliphatic hydroxyl groups is 1. The van der Waals surface area contributed by atoms with Gasteiger partial charge >= 0.3 is 88.7 Å². The Balaban J connectivity index is -0.0000000292. The van der Waals surface area contributed by atoms with Crippen molar-refractivity contribution in [3.8, 4) is 0 Å². The Morgan fingerprint density at radius 3 is 1.17 bits per heavy atom. The molecule has 11 heteroatoms. The van der Waals surface area contributed by atoms with Gasteiger partial charge in [0.25, 0.3) is 0 Å². The van der Waals surface area contributed by atoms with Crippen LogP contribution in [0.3, 0.4) is 0 Å². The Kier molecular flexibility index (Phi) is 54.4. The minimum absolute atomic E-state index is 0. The number of carbonyl (C=O) groups is 3. The summed E-state index contributed by atoms with van der Waals surface area (Å²) < 4.78 is 0. The molecule has 18 heavy (non-hydrogen) atoms.